The molecular formula is C11H10Cl2N2O2S. The molecule has 0 aliphatic rings. The Bertz CT molecular complexity index is 680. The Labute approximate surface area is 115 Å². The molecule has 0 amide bonds. The van der Waals surface area contributed by atoms with Crippen LogP contribution in [0.5, 0.6) is 0 Å². The van der Waals surface area contributed by atoms with Gasteiger partial charge in [0, 0.05) is 28.4 Å². The van der Waals surface area contributed by atoms with Crippen molar-refractivity contribution in [3.8, 4) is 0 Å². The topological polar surface area (TPSA) is 52.0 Å². The lowest BCUT2D eigenvalue weighted by molar-refractivity contribution is 0.606. The molecule has 0 atom stereocenters. The van der Waals surface area contributed by atoms with Crippen molar-refractivity contribution in [1.29, 1.82) is 0 Å². The average molecular weight is 305 g/mol. The lowest BCUT2D eigenvalue weighted by Crippen LogP contribution is -2.00. The van der Waals surface area contributed by atoms with Crippen LogP contribution in [0.4, 0.5) is 0 Å². The zero-order chi connectivity index (χ0) is 13.3. The van der Waals surface area contributed by atoms with Gasteiger partial charge in [-0.3, -0.25) is 0 Å². The van der Waals surface area contributed by atoms with Crippen molar-refractivity contribution in [2.75, 3.05) is 0 Å². The Morgan fingerprint density at radius 2 is 2.11 bits per heavy atom. The highest BCUT2D eigenvalue weighted by Crippen LogP contribution is 2.17. The lowest BCUT2D eigenvalue weighted by atomic mass is 10.2. The van der Waals surface area contributed by atoms with Crippen molar-refractivity contribution in [3.63, 3.8) is 0 Å². The number of imidazole rings is 1. The van der Waals surface area contributed by atoms with Gasteiger partial charge in [0.2, 0.25) is 0 Å². The zero-order valence-corrected chi connectivity index (χ0v) is 11.8. The number of hydrogen-bond acceptors (Lipinski definition) is 3. The molecule has 96 valence electrons. The van der Waals surface area contributed by atoms with Crippen LogP contribution in [0.2, 0.25) is 5.02 Å². The van der Waals surface area contributed by atoms with Crippen molar-refractivity contribution < 1.29 is 8.42 Å². The van der Waals surface area contributed by atoms with Gasteiger partial charge < -0.3 is 4.57 Å². The molecule has 0 fully saturated rings. The third kappa shape index (κ3) is 3.04. The minimum absolute atomic E-state index is 0.135. The van der Waals surface area contributed by atoms with Gasteiger partial charge >= 0.3 is 0 Å². The Hall–Kier alpha value is -1.04. The summed E-state index contributed by atoms with van der Waals surface area (Å²) >= 11 is 5.89. The van der Waals surface area contributed by atoms with E-state index in [1.54, 1.807) is 17.6 Å². The molecule has 0 radical (unpaired) electrons. The van der Waals surface area contributed by atoms with Crippen LogP contribution in [0.1, 0.15) is 11.4 Å². The molecule has 1 aromatic carbocycles. The van der Waals surface area contributed by atoms with Gasteiger partial charge in [-0.2, -0.15) is 0 Å². The Morgan fingerprint density at radius 1 is 1.39 bits per heavy atom. The van der Waals surface area contributed by atoms with Gasteiger partial charge in [-0.05, 0) is 24.6 Å². The minimum atomic E-state index is -3.79. The summed E-state index contributed by atoms with van der Waals surface area (Å²) in [5.41, 5.74) is 0.960. The summed E-state index contributed by atoms with van der Waals surface area (Å²) in [5, 5.41) is 0.499. The van der Waals surface area contributed by atoms with Gasteiger partial charge in [0.05, 0.1) is 0 Å². The Kier molecular flexibility index (Phi) is 3.66. The highest BCUT2D eigenvalue weighted by Gasteiger charge is 2.16. The monoisotopic (exact) mass is 304 g/mol. The Balaban J connectivity index is 2.33. The van der Waals surface area contributed by atoms with E-state index in [4.69, 9.17) is 22.3 Å². The molecule has 0 bridgehead atoms. The molecular weight excluding hydrogens is 295 g/mol. The molecule has 0 aliphatic carbocycles. The van der Waals surface area contributed by atoms with E-state index in [2.05, 4.69) is 4.98 Å². The molecule has 0 unspecified atom stereocenters. The number of halogens is 2. The van der Waals surface area contributed by atoms with Gasteiger partial charge in [0.15, 0.2) is 5.03 Å². The molecule has 0 saturated heterocycles. The summed E-state index contributed by atoms with van der Waals surface area (Å²) in [6.07, 6.45) is 1.42. The zero-order valence-electron chi connectivity index (χ0n) is 9.47. The number of benzene rings is 1. The molecule has 0 saturated carbocycles. The van der Waals surface area contributed by atoms with E-state index in [1.807, 2.05) is 18.2 Å². The fourth-order valence-electron chi connectivity index (χ4n) is 1.59. The second kappa shape index (κ2) is 4.91. The van der Waals surface area contributed by atoms with E-state index in [-0.39, 0.29) is 5.03 Å². The molecule has 0 spiro atoms. The molecule has 4 nitrogen and oxygen atoms in total. The van der Waals surface area contributed by atoms with Crippen molar-refractivity contribution in [2.45, 2.75) is 18.5 Å². The summed E-state index contributed by atoms with van der Waals surface area (Å²) in [7, 11) is 1.46. The van der Waals surface area contributed by atoms with E-state index in [0.29, 0.717) is 17.4 Å². The maximum atomic E-state index is 11.2. The third-order valence-corrected chi connectivity index (χ3v) is 3.85. The SMILES string of the molecule is Cc1nc(S(=O)(=O)Cl)cn1Cc1cccc(Cl)c1. The first kappa shape index (κ1) is 13.4. The quantitative estimate of drug-likeness (QED) is 0.819. The van der Waals surface area contributed by atoms with E-state index in [0.717, 1.165) is 5.56 Å². The van der Waals surface area contributed by atoms with E-state index in [1.165, 1.54) is 6.20 Å². The molecule has 2 rings (SSSR count). The van der Waals surface area contributed by atoms with Crippen LogP contribution in [0.3, 0.4) is 0 Å². The number of aryl methyl sites for hydroxylation is 1. The molecule has 0 aliphatic heterocycles. The lowest BCUT2D eigenvalue weighted by Gasteiger charge is -2.04. The second-order valence-corrected chi connectivity index (χ2v) is 6.77. The van der Waals surface area contributed by atoms with Crippen molar-refractivity contribution in [2.24, 2.45) is 0 Å². The molecule has 1 heterocycles. The van der Waals surface area contributed by atoms with Crippen molar-refractivity contribution in [1.82, 2.24) is 9.55 Å². The number of aromatic nitrogens is 2. The predicted molar refractivity (Wildman–Crippen MR) is 70.6 cm³/mol. The molecule has 18 heavy (non-hydrogen) atoms. The fourth-order valence-corrected chi connectivity index (χ4v) is 2.52. The highest BCUT2D eigenvalue weighted by atomic mass is 35.7. The van der Waals surface area contributed by atoms with Crippen LogP contribution in [-0.4, -0.2) is 18.0 Å². The summed E-state index contributed by atoms with van der Waals surface area (Å²) in [5.74, 6) is 0.578. The van der Waals surface area contributed by atoms with E-state index < -0.39 is 9.05 Å². The first-order valence-corrected chi connectivity index (χ1v) is 7.78. The fraction of sp³-hybridized carbons (Fsp3) is 0.182. The normalized spacial score (nSPS) is 11.7. The first-order valence-electron chi connectivity index (χ1n) is 5.09. The van der Waals surface area contributed by atoms with Crippen LogP contribution in [-0.2, 0) is 15.6 Å². The largest absolute Gasteiger partial charge is 0.329 e. The number of nitrogens with zero attached hydrogens (tertiary/aromatic N) is 2. The number of rotatable bonds is 3. The van der Waals surface area contributed by atoms with Crippen molar-refractivity contribution >= 4 is 31.3 Å². The minimum Gasteiger partial charge on any atom is -0.329 e. The van der Waals surface area contributed by atoms with Crippen LogP contribution < -0.4 is 0 Å². The first-order chi connectivity index (χ1) is 8.36. The number of hydrogen-bond donors (Lipinski definition) is 0. The van der Waals surface area contributed by atoms with E-state index >= 15 is 0 Å². The van der Waals surface area contributed by atoms with Crippen molar-refractivity contribution in [3.05, 3.63) is 46.9 Å². The molecule has 2 aromatic rings. The van der Waals surface area contributed by atoms with Crippen LogP contribution in [0, 0.1) is 6.92 Å². The van der Waals surface area contributed by atoms with Gasteiger partial charge in [0.1, 0.15) is 5.82 Å². The smallest absolute Gasteiger partial charge is 0.280 e. The third-order valence-electron chi connectivity index (χ3n) is 2.45. The molecule has 0 N–H and O–H groups in total. The maximum Gasteiger partial charge on any atom is 0.280 e. The van der Waals surface area contributed by atoms with Gasteiger partial charge in [0.25, 0.3) is 9.05 Å². The highest BCUT2D eigenvalue weighted by molar-refractivity contribution is 8.13. The average Bonchev–Trinajstić information content (AvgIpc) is 2.60. The predicted octanol–water partition coefficient (Wildman–Crippen LogP) is 2.82. The van der Waals surface area contributed by atoms with Gasteiger partial charge in [-0.15, -0.1) is 0 Å². The summed E-state index contributed by atoms with van der Waals surface area (Å²) in [4.78, 5) is 3.91. The summed E-state index contributed by atoms with van der Waals surface area (Å²) in [6, 6.07) is 7.33. The van der Waals surface area contributed by atoms with Gasteiger partial charge in [-0.25, -0.2) is 13.4 Å². The summed E-state index contributed by atoms with van der Waals surface area (Å²) in [6.45, 7) is 2.21. The molecule has 7 heteroatoms. The Morgan fingerprint density at radius 3 is 2.67 bits per heavy atom. The maximum absolute atomic E-state index is 11.2. The second-order valence-electron chi connectivity index (χ2n) is 3.82. The van der Waals surface area contributed by atoms with Gasteiger partial charge in [-0.1, -0.05) is 23.7 Å². The summed E-state index contributed by atoms with van der Waals surface area (Å²) < 4.78 is 24.1. The molecule has 1 aromatic heterocycles. The van der Waals surface area contributed by atoms with Crippen LogP contribution >= 0.6 is 22.3 Å². The standard InChI is InChI=1S/C11H10Cl2N2O2S/c1-8-14-11(18(13,16)17)7-15(8)6-9-3-2-4-10(12)5-9/h2-5,7H,6H2,1H3. The van der Waals surface area contributed by atoms with Crippen LogP contribution in [0.15, 0.2) is 35.5 Å². The van der Waals surface area contributed by atoms with E-state index in [9.17, 15) is 8.42 Å². The van der Waals surface area contributed by atoms with Crippen LogP contribution in [0.25, 0.3) is 0 Å².